The smallest absolute Gasteiger partial charge is 0.0167 e. The molecule has 0 spiro atoms. The first-order valence-electron chi connectivity index (χ1n) is 3.21. The lowest BCUT2D eigenvalue weighted by Gasteiger charge is -2.28. The molecule has 1 aliphatic rings. The van der Waals surface area contributed by atoms with Crippen molar-refractivity contribution in [2.75, 3.05) is 26.7 Å². The lowest BCUT2D eigenvalue weighted by molar-refractivity contribution is 0.248. The molecule has 1 aliphatic heterocycles. The standard InChI is InChI=1S/C6H14N2.H2O/c1-6-5-8(2)4-3-7-6;/h6-7H,3-5H2,1-2H3;1H2/t6-;/m1./s1. The van der Waals surface area contributed by atoms with Crippen LogP contribution in [0.3, 0.4) is 0 Å². The van der Waals surface area contributed by atoms with Gasteiger partial charge in [0.2, 0.25) is 0 Å². The van der Waals surface area contributed by atoms with Crippen molar-refractivity contribution in [3.8, 4) is 0 Å². The molecule has 0 unspecified atom stereocenters. The molecule has 0 saturated carbocycles. The number of rotatable bonds is 0. The maximum absolute atomic E-state index is 3.37. The van der Waals surface area contributed by atoms with Crippen LogP contribution in [0.1, 0.15) is 6.92 Å². The van der Waals surface area contributed by atoms with E-state index >= 15 is 0 Å². The summed E-state index contributed by atoms with van der Waals surface area (Å²) < 4.78 is 0. The molecule has 1 saturated heterocycles. The highest BCUT2D eigenvalue weighted by Gasteiger charge is 2.09. The van der Waals surface area contributed by atoms with E-state index in [1.54, 1.807) is 0 Å². The van der Waals surface area contributed by atoms with Crippen LogP contribution in [0.15, 0.2) is 0 Å². The molecule has 1 rings (SSSR count). The third-order valence-corrected chi connectivity index (χ3v) is 1.57. The maximum Gasteiger partial charge on any atom is 0.0167 e. The largest absolute Gasteiger partial charge is 0.412 e. The average Bonchev–Trinajstić information content (AvgIpc) is 1.64. The van der Waals surface area contributed by atoms with Gasteiger partial charge in [-0.3, -0.25) is 0 Å². The van der Waals surface area contributed by atoms with Gasteiger partial charge < -0.3 is 15.7 Å². The fourth-order valence-corrected chi connectivity index (χ4v) is 1.13. The average molecular weight is 132 g/mol. The Morgan fingerprint density at radius 3 is 2.56 bits per heavy atom. The quantitative estimate of drug-likeness (QED) is 0.463. The van der Waals surface area contributed by atoms with Crippen molar-refractivity contribution in [3.63, 3.8) is 0 Å². The van der Waals surface area contributed by atoms with Crippen LogP contribution in [-0.2, 0) is 0 Å². The molecule has 0 amide bonds. The van der Waals surface area contributed by atoms with Gasteiger partial charge in [-0.1, -0.05) is 0 Å². The molecule has 0 aromatic heterocycles. The van der Waals surface area contributed by atoms with Gasteiger partial charge in [-0.05, 0) is 14.0 Å². The van der Waals surface area contributed by atoms with Crippen LogP contribution in [-0.4, -0.2) is 43.1 Å². The van der Waals surface area contributed by atoms with E-state index in [2.05, 4.69) is 24.2 Å². The summed E-state index contributed by atoms with van der Waals surface area (Å²) in [7, 11) is 2.16. The molecule has 3 N–H and O–H groups in total. The van der Waals surface area contributed by atoms with Crippen molar-refractivity contribution in [1.82, 2.24) is 10.2 Å². The Morgan fingerprint density at radius 2 is 2.22 bits per heavy atom. The topological polar surface area (TPSA) is 46.8 Å². The van der Waals surface area contributed by atoms with Gasteiger partial charge in [-0.2, -0.15) is 0 Å². The number of likely N-dealkylation sites (N-methyl/N-ethyl adjacent to an activating group) is 1. The Balaban J connectivity index is 0.000000640. The second-order valence-electron chi connectivity index (χ2n) is 2.62. The molecule has 0 radical (unpaired) electrons. The van der Waals surface area contributed by atoms with Crippen LogP contribution in [0.2, 0.25) is 0 Å². The summed E-state index contributed by atoms with van der Waals surface area (Å²) in [6, 6.07) is 0.689. The first-order valence-corrected chi connectivity index (χ1v) is 3.21. The Bertz CT molecular complexity index is 69.5. The van der Waals surface area contributed by atoms with Gasteiger partial charge in [0.25, 0.3) is 0 Å². The third-order valence-electron chi connectivity index (χ3n) is 1.57. The van der Waals surface area contributed by atoms with Crippen LogP contribution < -0.4 is 5.32 Å². The van der Waals surface area contributed by atoms with Crippen molar-refractivity contribution in [2.24, 2.45) is 0 Å². The van der Waals surface area contributed by atoms with Crippen LogP contribution in [0.25, 0.3) is 0 Å². The Labute approximate surface area is 56.3 Å². The van der Waals surface area contributed by atoms with E-state index in [4.69, 9.17) is 0 Å². The Hall–Kier alpha value is -0.120. The molecule has 3 heteroatoms. The van der Waals surface area contributed by atoms with Gasteiger partial charge >= 0.3 is 0 Å². The van der Waals surface area contributed by atoms with Crippen molar-refractivity contribution in [2.45, 2.75) is 13.0 Å². The molecular formula is C6H16N2O. The second-order valence-corrected chi connectivity index (χ2v) is 2.62. The SMILES string of the molecule is C[C@@H]1CN(C)CCN1.O. The molecule has 0 aromatic rings. The van der Waals surface area contributed by atoms with Gasteiger partial charge in [0, 0.05) is 25.7 Å². The minimum absolute atomic E-state index is 0. The lowest BCUT2D eigenvalue weighted by Crippen LogP contribution is -2.47. The molecule has 1 heterocycles. The summed E-state index contributed by atoms with van der Waals surface area (Å²) in [5.41, 5.74) is 0. The number of nitrogens with one attached hydrogen (secondary N) is 1. The van der Waals surface area contributed by atoms with E-state index in [9.17, 15) is 0 Å². The highest BCUT2D eigenvalue weighted by molar-refractivity contribution is 4.71. The number of hydrogen-bond acceptors (Lipinski definition) is 2. The van der Waals surface area contributed by atoms with Crippen molar-refractivity contribution in [1.29, 1.82) is 0 Å². The fourth-order valence-electron chi connectivity index (χ4n) is 1.13. The fraction of sp³-hybridized carbons (Fsp3) is 1.00. The Morgan fingerprint density at radius 1 is 1.56 bits per heavy atom. The monoisotopic (exact) mass is 132 g/mol. The highest BCUT2D eigenvalue weighted by Crippen LogP contribution is 1.92. The van der Waals surface area contributed by atoms with Gasteiger partial charge in [-0.15, -0.1) is 0 Å². The molecule has 0 aliphatic carbocycles. The zero-order valence-electron chi connectivity index (χ0n) is 6.15. The van der Waals surface area contributed by atoms with E-state index in [0.29, 0.717) is 6.04 Å². The minimum Gasteiger partial charge on any atom is -0.412 e. The van der Waals surface area contributed by atoms with Crippen LogP contribution in [0, 0.1) is 0 Å². The Kier molecular flexibility index (Phi) is 3.77. The molecule has 1 fully saturated rings. The lowest BCUT2D eigenvalue weighted by atomic mass is 10.2. The zero-order chi connectivity index (χ0) is 5.98. The highest BCUT2D eigenvalue weighted by atomic mass is 16.0. The number of hydrogen-bond donors (Lipinski definition) is 1. The predicted octanol–water partition coefficient (Wildman–Crippen LogP) is -0.915. The summed E-state index contributed by atoms with van der Waals surface area (Å²) in [6.07, 6.45) is 0. The van der Waals surface area contributed by atoms with Gasteiger partial charge in [-0.25, -0.2) is 0 Å². The molecule has 1 atom stereocenters. The molecule has 3 nitrogen and oxygen atoms in total. The number of piperazine rings is 1. The summed E-state index contributed by atoms with van der Waals surface area (Å²) in [5, 5.41) is 3.37. The van der Waals surface area contributed by atoms with Crippen molar-refractivity contribution in [3.05, 3.63) is 0 Å². The van der Waals surface area contributed by atoms with Gasteiger partial charge in [0.1, 0.15) is 0 Å². The summed E-state index contributed by atoms with van der Waals surface area (Å²) in [4.78, 5) is 2.35. The molecular weight excluding hydrogens is 116 g/mol. The second kappa shape index (κ2) is 3.82. The van der Waals surface area contributed by atoms with E-state index in [1.165, 1.54) is 13.1 Å². The van der Waals surface area contributed by atoms with Crippen LogP contribution in [0.5, 0.6) is 0 Å². The first kappa shape index (κ1) is 8.88. The van der Waals surface area contributed by atoms with E-state index < -0.39 is 0 Å². The van der Waals surface area contributed by atoms with E-state index in [1.807, 2.05) is 0 Å². The zero-order valence-corrected chi connectivity index (χ0v) is 6.15. The van der Waals surface area contributed by atoms with Crippen LogP contribution in [0.4, 0.5) is 0 Å². The molecule has 9 heavy (non-hydrogen) atoms. The summed E-state index contributed by atoms with van der Waals surface area (Å²) in [5.74, 6) is 0. The van der Waals surface area contributed by atoms with Gasteiger partial charge in [0.05, 0.1) is 0 Å². The predicted molar refractivity (Wildman–Crippen MR) is 38.6 cm³/mol. The van der Waals surface area contributed by atoms with E-state index in [0.717, 1.165) is 6.54 Å². The van der Waals surface area contributed by atoms with Crippen LogP contribution >= 0.6 is 0 Å². The third kappa shape index (κ3) is 2.79. The number of nitrogens with zero attached hydrogens (tertiary/aromatic N) is 1. The summed E-state index contributed by atoms with van der Waals surface area (Å²) in [6.45, 7) is 5.76. The van der Waals surface area contributed by atoms with Crippen molar-refractivity contribution >= 4 is 0 Å². The first-order chi connectivity index (χ1) is 3.79. The molecule has 56 valence electrons. The van der Waals surface area contributed by atoms with Crippen molar-refractivity contribution < 1.29 is 5.48 Å². The summed E-state index contributed by atoms with van der Waals surface area (Å²) >= 11 is 0. The minimum atomic E-state index is 0. The maximum atomic E-state index is 3.37. The molecule has 0 bridgehead atoms. The van der Waals surface area contributed by atoms with E-state index in [-0.39, 0.29) is 5.48 Å². The molecule has 0 aromatic carbocycles. The van der Waals surface area contributed by atoms with Gasteiger partial charge in [0.15, 0.2) is 0 Å². The normalized spacial score (nSPS) is 29.3.